The molecule has 1 aromatic heterocycles. The Morgan fingerprint density at radius 2 is 2.37 bits per heavy atom. The van der Waals surface area contributed by atoms with E-state index < -0.39 is 0 Å². The molecule has 1 saturated heterocycles. The van der Waals surface area contributed by atoms with Gasteiger partial charge in [0.25, 0.3) is 0 Å². The minimum atomic E-state index is -0.148. The fraction of sp³-hybridized carbons (Fsp3) is 0.733. The molecule has 0 amide bonds. The third kappa shape index (κ3) is 3.06. The number of nitrogens with zero attached hydrogens (tertiary/aromatic N) is 2. The van der Waals surface area contributed by atoms with E-state index in [4.69, 9.17) is 0 Å². The number of aromatic nitrogens is 2. The predicted molar refractivity (Wildman–Crippen MR) is 76.1 cm³/mol. The number of nitrogens with one attached hydrogen (secondary N) is 1. The van der Waals surface area contributed by atoms with Crippen molar-refractivity contribution in [1.82, 2.24) is 15.1 Å². The molecular formula is C15H25N3O. The molecule has 1 fully saturated rings. The molecule has 4 nitrogen and oxygen atoms in total. The smallest absolute Gasteiger partial charge is 0.146 e. The highest BCUT2D eigenvalue weighted by Gasteiger charge is 2.38. The van der Waals surface area contributed by atoms with Crippen LogP contribution in [0.4, 0.5) is 0 Å². The molecule has 0 bridgehead atoms. The number of carbonyl (C=O) groups is 1. The number of ketones is 1. The van der Waals surface area contributed by atoms with Crippen LogP contribution in [0.25, 0.3) is 0 Å². The van der Waals surface area contributed by atoms with E-state index in [0.29, 0.717) is 12.2 Å². The molecule has 1 aromatic rings. The Morgan fingerprint density at radius 3 is 2.89 bits per heavy atom. The van der Waals surface area contributed by atoms with E-state index >= 15 is 0 Å². The van der Waals surface area contributed by atoms with Gasteiger partial charge in [-0.1, -0.05) is 13.3 Å². The van der Waals surface area contributed by atoms with Crippen LogP contribution in [0.15, 0.2) is 6.07 Å². The summed E-state index contributed by atoms with van der Waals surface area (Å²) in [5.74, 6) is 0.379. The highest BCUT2D eigenvalue weighted by Crippen LogP contribution is 2.33. The zero-order chi connectivity index (χ0) is 13.9. The average Bonchev–Trinajstić information content (AvgIpc) is 2.69. The quantitative estimate of drug-likeness (QED) is 0.884. The van der Waals surface area contributed by atoms with Crippen LogP contribution in [0.3, 0.4) is 0 Å². The molecule has 0 aliphatic carbocycles. The zero-order valence-corrected chi connectivity index (χ0v) is 12.3. The van der Waals surface area contributed by atoms with Gasteiger partial charge in [-0.3, -0.25) is 9.48 Å². The van der Waals surface area contributed by atoms with E-state index in [-0.39, 0.29) is 5.41 Å². The maximum Gasteiger partial charge on any atom is 0.146 e. The topological polar surface area (TPSA) is 46.9 Å². The molecule has 1 aliphatic rings. The normalized spacial score (nSPS) is 23.5. The Hall–Kier alpha value is -1.16. The largest absolute Gasteiger partial charge is 0.316 e. The van der Waals surface area contributed by atoms with Crippen molar-refractivity contribution in [2.24, 2.45) is 12.5 Å². The molecule has 19 heavy (non-hydrogen) atoms. The molecule has 0 aromatic carbocycles. The lowest BCUT2D eigenvalue weighted by atomic mass is 9.72. The summed E-state index contributed by atoms with van der Waals surface area (Å²) in [5.41, 5.74) is 1.87. The molecule has 0 saturated carbocycles. The number of aryl methyl sites for hydroxylation is 2. The van der Waals surface area contributed by atoms with E-state index in [2.05, 4.69) is 17.3 Å². The van der Waals surface area contributed by atoms with Gasteiger partial charge in [-0.2, -0.15) is 5.10 Å². The van der Waals surface area contributed by atoms with Gasteiger partial charge in [0, 0.05) is 31.1 Å². The summed E-state index contributed by atoms with van der Waals surface area (Å²) >= 11 is 0. The molecule has 106 valence electrons. The Labute approximate surface area is 115 Å². The van der Waals surface area contributed by atoms with Crippen LogP contribution in [-0.4, -0.2) is 28.7 Å². The number of carbonyl (C=O) groups excluding carboxylic acids is 1. The fourth-order valence-electron chi connectivity index (χ4n) is 3.22. The molecule has 1 aliphatic heterocycles. The van der Waals surface area contributed by atoms with E-state index in [1.807, 2.05) is 24.7 Å². The second kappa shape index (κ2) is 5.87. The summed E-state index contributed by atoms with van der Waals surface area (Å²) in [4.78, 5) is 12.8. The third-order valence-electron chi connectivity index (χ3n) is 4.23. The highest BCUT2D eigenvalue weighted by molar-refractivity contribution is 5.87. The van der Waals surface area contributed by atoms with Crippen molar-refractivity contribution < 1.29 is 4.79 Å². The van der Waals surface area contributed by atoms with Crippen molar-refractivity contribution in [3.8, 4) is 0 Å². The van der Waals surface area contributed by atoms with E-state index in [1.54, 1.807) is 0 Å². The third-order valence-corrected chi connectivity index (χ3v) is 4.23. The molecule has 1 atom stereocenters. The minimum absolute atomic E-state index is 0.148. The predicted octanol–water partition coefficient (Wildman–Crippen LogP) is 2.01. The molecule has 4 heteroatoms. The van der Waals surface area contributed by atoms with Gasteiger partial charge in [-0.15, -0.1) is 0 Å². The first kappa shape index (κ1) is 14.3. The van der Waals surface area contributed by atoms with Gasteiger partial charge >= 0.3 is 0 Å². The van der Waals surface area contributed by atoms with Crippen LogP contribution in [0.2, 0.25) is 0 Å². The first-order chi connectivity index (χ1) is 9.07. The summed E-state index contributed by atoms with van der Waals surface area (Å²) in [7, 11) is 1.92. The van der Waals surface area contributed by atoms with Crippen molar-refractivity contribution in [1.29, 1.82) is 0 Å². The van der Waals surface area contributed by atoms with Crippen LogP contribution in [0, 0.1) is 12.3 Å². The van der Waals surface area contributed by atoms with Gasteiger partial charge < -0.3 is 5.32 Å². The van der Waals surface area contributed by atoms with Gasteiger partial charge in [0.2, 0.25) is 0 Å². The van der Waals surface area contributed by atoms with Crippen molar-refractivity contribution >= 4 is 5.78 Å². The molecule has 1 N–H and O–H groups in total. The number of Topliss-reactive ketones (excluding diaryl/α,β-unsaturated/α-hetero) is 1. The van der Waals surface area contributed by atoms with Gasteiger partial charge in [-0.25, -0.2) is 0 Å². The van der Waals surface area contributed by atoms with Crippen molar-refractivity contribution in [2.45, 2.75) is 46.0 Å². The molecule has 0 radical (unpaired) electrons. The summed E-state index contributed by atoms with van der Waals surface area (Å²) in [6.07, 6.45) is 4.71. The lowest BCUT2D eigenvalue weighted by molar-refractivity contribution is -0.129. The van der Waals surface area contributed by atoms with Crippen LogP contribution < -0.4 is 5.32 Å². The van der Waals surface area contributed by atoms with Crippen LogP contribution in [0.5, 0.6) is 0 Å². The zero-order valence-electron chi connectivity index (χ0n) is 12.3. The number of hydrogen-bond acceptors (Lipinski definition) is 3. The van der Waals surface area contributed by atoms with Gasteiger partial charge in [0.1, 0.15) is 5.78 Å². The first-order valence-electron chi connectivity index (χ1n) is 7.31. The fourth-order valence-corrected chi connectivity index (χ4v) is 3.22. The minimum Gasteiger partial charge on any atom is -0.316 e. The average molecular weight is 263 g/mol. The monoisotopic (exact) mass is 263 g/mol. The van der Waals surface area contributed by atoms with Crippen molar-refractivity contribution in [3.05, 3.63) is 17.5 Å². The standard InChI is InChI=1S/C15H25N3O/c1-4-6-15(7-5-8-16-11-15)14(19)10-13-9-12(2)17-18(13)3/h9,16H,4-8,10-11H2,1-3H3. The SMILES string of the molecule is CCCC1(C(=O)Cc2cc(C)nn2C)CCCNC1. The van der Waals surface area contributed by atoms with Crippen LogP contribution >= 0.6 is 0 Å². The number of hydrogen-bond donors (Lipinski definition) is 1. The van der Waals surface area contributed by atoms with Gasteiger partial charge in [0.05, 0.1) is 5.69 Å². The van der Waals surface area contributed by atoms with Crippen molar-refractivity contribution in [2.75, 3.05) is 13.1 Å². The molecule has 0 spiro atoms. The molecule has 2 rings (SSSR count). The Bertz CT molecular complexity index is 439. The molecule has 1 unspecified atom stereocenters. The molecule has 2 heterocycles. The van der Waals surface area contributed by atoms with E-state index in [9.17, 15) is 4.79 Å². The number of piperidine rings is 1. The summed E-state index contributed by atoms with van der Waals surface area (Å²) in [6, 6.07) is 2.02. The Balaban J connectivity index is 2.13. The Morgan fingerprint density at radius 1 is 1.58 bits per heavy atom. The van der Waals surface area contributed by atoms with Gasteiger partial charge in [-0.05, 0) is 38.8 Å². The van der Waals surface area contributed by atoms with E-state index in [0.717, 1.165) is 50.2 Å². The first-order valence-corrected chi connectivity index (χ1v) is 7.31. The van der Waals surface area contributed by atoms with Crippen LogP contribution in [0.1, 0.15) is 44.0 Å². The maximum absolute atomic E-state index is 12.8. The highest BCUT2D eigenvalue weighted by atomic mass is 16.1. The second-order valence-electron chi connectivity index (χ2n) is 5.81. The lowest BCUT2D eigenvalue weighted by Crippen LogP contribution is -2.46. The summed E-state index contributed by atoms with van der Waals surface area (Å²) < 4.78 is 1.84. The molecular weight excluding hydrogens is 238 g/mol. The van der Waals surface area contributed by atoms with E-state index in [1.165, 1.54) is 0 Å². The van der Waals surface area contributed by atoms with Crippen molar-refractivity contribution in [3.63, 3.8) is 0 Å². The second-order valence-corrected chi connectivity index (χ2v) is 5.81. The maximum atomic E-state index is 12.8. The summed E-state index contributed by atoms with van der Waals surface area (Å²) in [6.45, 7) is 6.02. The van der Waals surface area contributed by atoms with Gasteiger partial charge in [0.15, 0.2) is 0 Å². The lowest BCUT2D eigenvalue weighted by Gasteiger charge is -2.36. The van der Waals surface area contributed by atoms with Crippen LogP contribution in [-0.2, 0) is 18.3 Å². The number of rotatable bonds is 5. The summed E-state index contributed by atoms with van der Waals surface area (Å²) in [5, 5.41) is 7.73. The Kier molecular flexibility index (Phi) is 4.40.